The van der Waals surface area contributed by atoms with Crippen molar-refractivity contribution in [3.05, 3.63) is 66.2 Å². The fraction of sp³-hybridized carbons (Fsp3) is 0.160. The Morgan fingerprint density at radius 3 is 2.52 bits per heavy atom. The number of nitrogens with zero attached hydrogens (tertiary/aromatic N) is 4. The van der Waals surface area contributed by atoms with Crippen LogP contribution < -0.4 is 14.4 Å². The number of para-hydroxylation sites is 2. The van der Waals surface area contributed by atoms with E-state index in [4.69, 9.17) is 24.4 Å². The van der Waals surface area contributed by atoms with Crippen molar-refractivity contribution < 1.29 is 9.47 Å². The molecule has 5 aromatic rings. The average molecular weight is 473 g/mol. The lowest BCUT2D eigenvalue weighted by atomic mass is 10.1. The number of methoxy groups -OCH3 is 2. The largest absolute Gasteiger partial charge is 0.493 e. The maximum atomic E-state index is 5.58. The number of thiazole rings is 1. The Bertz CT molecular complexity index is 1470. The lowest BCUT2D eigenvalue weighted by molar-refractivity contribution is 0.355. The molecule has 0 bridgehead atoms. The number of anilines is 2. The molecule has 6 nitrogen and oxygen atoms in total. The first-order valence-electron chi connectivity index (χ1n) is 10.6. The number of benzene rings is 3. The summed E-state index contributed by atoms with van der Waals surface area (Å²) in [6, 6.07) is 20.5. The SMILES string of the molecule is COc1cc2nc(Sc3nc4ccccc4s3)nc(N3CCc4ccccc43)c2cc1OC. The van der Waals surface area contributed by atoms with Crippen molar-refractivity contribution in [1.82, 2.24) is 15.0 Å². The van der Waals surface area contributed by atoms with E-state index in [0.717, 1.165) is 44.2 Å². The van der Waals surface area contributed by atoms with Crippen molar-refractivity contribution in [3.8, 4) is 11.5 Å². The van der Waals surface area contributed by atoms with Crippen LogP contribution in [0.4, 0.5) is 11.5 Å². The van der Waals surface area contributed by atoms with Gasteiger partial charge in [-0.05, 0) is 48.0 Å². The molecule has 0 spiro atoms. The predicted molar refractivity (Wildman–Crippen MR) is 134 cm³/mol. The minimum atomic E-state index is 0.646. The van der Waals surface area contributed by atoms with Crippen molar-refractivity contribution in [2.24, 2.45) is 0 Å². The van der Waals surface area contributed by atoms with Crippen LogP contribution in [-0.4, -0.2) is 35.7 Å². The summed E-state index contributed by atoms with van der Waals surface area (Å²) >= 11 is 3.14. The zero-order chi connectivity index (χ0) is 22.4. The number of fused-ring (bicyclic) bond motifs is 3. The summed E-state index contributed by atoms with van der Waals surface area (Å²) in [5.41, 5.74) is 4.31. The van der Waals surface area contributed by atoms with E-state index in [0.29, 0.717) is 16.7 Å². The fourth-order valence-corrected chi connectivity index (χ4v) is 6.13. The highest BCUT2D eigenvalue weighted by atomic mass is 32.2. The van der Waals surface area contributed by atoms with E-state index in [1.807, 2.05) is 30.3 Å². The number of aromatic nitrogens is 3. The monoisotopic (exact) mass is 472 g/mol. The van der Waals surface area contributed by atoms with Crippen molar-refractivity contribution >= 4 is 55.7 Å². The van der Waals surface area contributed by atoms with Crippen LogP contribution in [0.3, 0.4) is 0 Å². The van der Waals surface area contributed by atoms with Gasteiger partial charge in [-0.15, -0.1) is 11.3 Å². The minimum Gasteiger partial charge on any atom is -0.493 e. The fourth-order valence-electron chi connectivity index (χ4n) is 4.20. The van der Waals surface area contributed by atoms with Crippen molar-refractivity contribution in [1.29, 1.82) is 0 Å². The van der Waals surface area contributed by atoms with Gasteiger partial charge in [-0.25, -0.2) is 15.0 Å². The number of ether oxygens (including phenoxy) is 2. The van der Waals surface area contributed by atoms with Gasteiger partial charge in [0.2, 0.25) is 0 Å². The highest BCUT2D eigenvalue weighted by molar-refractivity contribution is 8.01. The topological polar surface area (TPSA) is 60.4 Å². The molecule has 1 aliphatic rings. The Hall–Kier alpha value is -3.36. The maximum Gasteiger partial charge on any atom is 0.197 e. The molecule has 3 heterocycles. The Morgan fingerprint density at radius 2 is 1.67 bits per heavy atom. The van der Waals surface area contributed by atoms with Crippen LogP contribution in [0.15, 0.2) is 70.2 Å². The molecule has 0 amide bonds. The normalized spacial score (nSPS) is 13.0. The maximum absolute atomic E-state index is 5.58. The molecule has 0 N–H and O–H groups in total. The molecule has 1 aliphatic heterocycles. The van der Waals surface area contributed by atoms with Gasteiger partial charge in [-0.3, -0.25) is 0 Å². The van der Waals surface area contributed by atoms with Crippen molar-refractivity contribution in [3.63, 3.8) is 0 Å². The van der Waals surface area contributed by atoms with Gasteiger partial charge < -0.3 is 14.4 Å². The second-order valence-corrected chi connectivity index (χ2v) is 9.88. The van der Waals surface area contributed by atoms with Crippen LogP contribution >= 0.6 is 23.1 Å². The van der Waals surface area contributed by atoms with E-state index in [2.05, 4.69) is 35.2 Å². The number of hydrogen-bond donors (Lipinski definition) is 0. The standard InChI is InChI=1S/C25H20N4O2S2/c1-30-20-13-16-18(14-21(20)31-2)26-24(33-25-27-17-8-4-6-10-22(17)32-25)28-23(16)29-12-11-15-7-3-5-9-19(15)29/h3-10,13-14H,11-12H2,1-2H3. The average Bonchev–Trinajstić information content (AvgIpc) is 3.46. The first kappa shape index (κ1) is 20.3. The lowest BCUT2D eigenvalue weighted by Gasteiger charge is -2.21. The Labute approximate surface area is 199 Å². The zero-order valence-electron chi connectivity index (χ0n) is 18.1. The highest BCUT2D eigenvalue weighted by Crippen LogP contribution is 2.42. The van der Waals surface area contributed by atoms with Crippen LogP contribution in [0, 0.1) is 0 Å². The van der Waals surface area contributed by atoms with E-state index in [1.165, 1.54) is 23.0 Å². The molecular formula is C25H20N4O2S2. The van der Waals surface area contributed by atoms with E-state index in [9.17, 15) is 0 Å². The van der Waals surface area contributed by atoms with Crippen molar-refractivity contribution in [2.75, 3.05) is 25.7 Å². The van der Waals surface area contributed by atoms with Gasteiger partial charge in [-0.1, -0.05) is 30.3 Å². The third-order valence-electron chi connectivity index (χ3n) is 5.76. The third kappa shape index (κ3) is 3.55. The minimum absolute atomic E-state index is 0.646. The molecule has 164 valence electrons. The molecule has 33 heavy (non-hydrogen) atoms. The Kier molecular flexibility index (Phi) is 5.04. The van der Waals surface area contributed by atoms with E-state index >= 15 is 0 Å². The molecular weight excluding hydrogens is 452 g/mol. The van der Waals surface area contributed by atoms with Crippen LogP contribution in [0.2, 0.25) is 0 Å². The molecule has 0 aliphatic carbocycles. The summed E-state index contributed by atoms with van der Waals surface area (Å²) in [6.45, 7) is 0.866. The van der Waals surface area contributed by atoms with Crippen LogP contribution in [0.1, 0.15) is 5.56 Å². The summed E-state index contributed by atoms with van der Waals surface area (Å²) < 4.78 is 13.2. The molecule has 2 aromatic heterocycles. The summed E-state index contributed by atoms with van der Waals surface area (Å²) in [6.07, 6.45) is 0.981. The molecule has 0 radical (unpaired) electrons. The first-order valence-corrected chi connectivity index (χ1v) is 12.2. The summed E-state index contributed by atoms with van der Waals surface area (Å²) in [7, 11) is 3.28. The van der Waals surface area contributed by atoms with Crippen LogP contribution in [0.5, 0.6) is 11.5 Å². The summed E-state index contributed by atoms with van der Waals surface area (Å²) in [4.78, 5) is 16.9. The molecule has 8 heteroatoms. The van der Waals surface area contributed by atoms with Gasteiger partial charge in [-0.2, -0.15) is 0 Å². The second kappa shape index (κ2) is 8.20. The number of rotatable bonds is 5. The molecule has 0 atom stereocenters. The highest BCUT2D eigenvalue weighted by Gasteiger charge is 2.25. The van der Waals surface area contributed by atoms with E-state index < -0.39 is 0 Å². The van der Waals surface area contributed by atoms with Gasteiger partial charge in [0.1, 0.15) is 5.82 Å². The third-order valence-corrected chi connectivity index (χ3v) is 7.72. The van der Waals surface area contributed by atoms with Crippen LogP contribution in [-0.2, 0) is 6.42 Å². The molecule has 0 unspecified atom stereocenters. The molecule has 6 rings (SSSR count). The van der Waals surface area contributed by atoms with Gasteiger partial charge >= 0.3 is 0 Å². The smallest absolute Gasteiger partial charge is 0.197 e. The van der Waals surface area contributed by atoms with E-state index in [1.54, 1.807) is 25.6 Å². The van der Waals surface area contributed by atoms with E-state index in [-0.39, 0.29) is 0 Å². The lowest BCUT2D eigenvalue weighted by Crippen LogP contribution is -2.16. The molecule has 0 saturated heterocycles. The van der Waals surface area contributed by atoms with Gasteiger partial charge in [0.15, 0.2) is 21.0 Å². The Balaban J connectivity index is 1.52. The van der Waals surface area contributed by atoms with Gasteiger partial charge in [0, 0.05) is 23.7 Å². The Morgan fingerprint density at radius 1 is 0.879 bits per heavy atom. The predicted octanol–water partition coefficient (Wildman–Crippen LogP) is 6.10. The zero-order valence-corrected chi connectivity index (χ0v) is 19.7. The first-order chi connectivity index (χ1) is 16.2. The summed E-state index contributed by atoms with van der Waals surface area (Å²) in [5, 5.41) is 1.59. The van der Waals surface area contributed by atoms with Crippen molar-refractivity contribution in [2.45, 2.75) is 15.9 Å². The quantitative estimate of drug-likeness (QED) is 0.286. The number of hydrogen-bond acceptors (Lipinski definition) is 8. The van der Waals surface area contributed by atoms with Gasteiger partial charge in [0.25, 0.3) is 0 Å². The molecule has 0 fully saturated rings. The van der Waals surface area contributed by atoms with Crippen LogP contribution in [0.25, 0.3) is 21.1 Å². The molecule has 3 aromatic carbocycles. The summed E-state index contributed by atoms with van der Waals surface area (Å²) in [5.74, 6) is 2.18. The second-order valence-electron chi connectivity index (χ2n) is 7.63. The van der Waals surface area contributed by atoms with Gasteiger partial charge in [0.05, 0.1) is 30.0 Å². The molecule has 0 saturated carbocycles.